The highest BCUT2D eigenvalue weighted by molar-refractivity contribution is 5.90. The molecule has 2 aliphatic heterocycles. The number of nitrogens with zero attached hydrogens (tertiary/aromatic N) is 3. The SMILES string of the molecule is CN1CCN2CCN(Cc3ccc(O)c(C(=O)O)c3)C[C@@H]2C1. The topological polar surface area (TPSA) is 67.2 Å². The third-order valence-corrected chi connectivity index (χ3v) is 4.68. The fourth-order valence-electron chi connectivity index (χ4n) is 3.43. The summed E-state index contributed by atoms with van der Waals surface area (Å²) >= 11 is 0. The summed E-state index contributed by atoms with van der Waals surface area (Å²) in [7, 11) is 2.16. The molecule has 6 heteroatoms. The maximum atomic E-state index is 11.1. The highest BCUT2D eigenvalue weighted by Crippen LogP contribution is 2.21. The third-order valence-electron chi connectivity index (χ3n) is 4.68. The smallest absolute Gasteiger partial charge is 0.339 e. The van der Waals surface area contributed by atoms with Crippen LogP contribution in [0.2, 0.25) is 0 Å². The van der Waals surface area contributed by atoms with E-state index in [1.165, 1.54) is 6.07 Å². The molecule has 0 saturated carbocycles. The van der Waals surface area contributed by atoms with Crippen LogP contribution in [0.1, 0.15) is 15.9 Å². The van der Waals surface area contributed by atoms with Crippen molar-refractivity contribution < 1.29 is 15.0 Å². The van der Waals surface area contributed by atoms with Gasteiger partial charge >= 0.3 is 5.97 Å². The summed E-state index contributed by atoms with van der Waals surface area (Å²) < 4.78 is 0. The van der Waals surface area contributed by atoms with Crippen LogP contribution in [-0.2, 0) is 6.54 Å². The average molecular weight is 305 g/mol. The minimum absolute atomic E-state index is 0.0199. The Labute approximate surface area is 130 Å². The van der Waals surface area contributed by atoms with Crippen LogP contribution in [0.25, 0.3) is 0 Å². The Balaban J connectivity index is 1.66. The molecule has 2 N–H and O–H groups in total. The Bertz CT molecular complexity index is 564. The third kappa shape index (κ3) is 3.24. The summed E-state index contributed by atoms with van der Waals surface area (Å²) in [6.07, 6.45) is 0. The van der Waals surface area contributed by atoms with Gasteiger partial charge in [-0.05, 0) is 24.7 Å². The summed E-state index contributed by atoms with van der Waals surface area (Å²) in [6.45, 7) is 7.17. The average Bonchev–Trinajstić information content (AvgIpc) is 2.48. The van der Waals surface area contributed by atoms with Crippen molar-refractivity contribution >= 4 is 5.97 Å². The number of piperazine rings is 2. The Kier molecular flexibility index (Phi) is 4.33. The Hall–Kier alpha value is -1.63. The second kappa shape index (κ2) is 6.24. The molecule has 1 atom stereocenters. The number of hydrogen-bond acceptors (Lipinski definition) is 5. The van der Waals surface area contributed by atoms with Gasteiger partial charge < -0.3 is 15.1 Å². The first-order valence-electron chi connectivity index (χ1n) is 7.73. The van der Waals surface area contributed by atoms with Crippen molar-refractivity contribution in [3.05, 3.63) is 29.3 Å². The highest BCUT2D eigenvalue weighted by Gasteiger charge is 2.30. The van der Waals surface area contributed by atoms with Crippen molar-refractivity contribution in [2.45, 2.75) is 12.6 Å². The van der Waals surface area contributed by atoms with Crippen LogP contribution in [0.5, 0.6) is 5.75 Å². The molecule has 2 aliphatic rings. The summed E-state index contributed by atoms with van der Waals surface area (Å²) in [6, 6.07) is 5.42. The van der Waals surface area contributed by atoms with Gasteiger partial charge in [0.15, 0.2) is 0 Å². The molecular formula is C16H23N3O3. The zero-order valence-electron chi connectivity index (χ0n) is 12.9. The minimum Gasteiger partial charge on any atom is -0.507 e. The second-order valence-corrected chi connectivity index (χ2v) is 6.34. The summed E-state index contributed by atoms with van der Waals surface area (Å²) in [5.41, 5.74) is 0.918. The number of fused-ring (bicyclic) bond motifs is 1. The van der Waals surface area contributed by atoms with E-state index in [0.717, 1.165) is 51.4 Å². The molecule has 1 aromatic carbocycles. The van der Waals surface area contributed by atoms with E-state index in [1.807, 2.05) is 0 Å². The van der Waals surface area contributed by atoms with Crippen molar-refractivity contribution in [1.82, 2.24) is 14.7 Å². The number of phenols is 1. The van der Waals surface area contributed by atoms with E-state index < -0.39 is 5.97 Å². The van der Waals surface area contributed by atoms with Gasteiger partial charge in [0.05, 0.1) is 0 Å². The van der Waals surface area contributed by atoms with Gasteiger partial charge in [-0.3, -0.25) is 9.80 Å². The number of aromatic carboxylic acids is 1. The van der Waals surface area contributed by atoms with E-state index in [2.05, 4.69) is 21.7 Å². The van der Waals surface area contributed by atoms with Gasteiger partial charge in [-0.2, -0.15) is 0 Å². The fourth-order valence-corrected chi connectivity index (χ4v) is 3.43. The number of carboxylic acid groups (broad SMARTS) is 1. The van der Waals surface area contributed by atoms with Gasteiger partial charge in [0.25, 0.3) is 0 Å². The largest absolute Gasteiger partial charge is 0.507 e. The lowest BCUT2D eigenvalue weighted by molar-refractivity contribution is 0.0175. The van der Waals surface area contributed by atoms with Crippen molar-refractivity contribution in [1.29, 1.82) is 0 Å². The van der Waals surface area contributed by atoms with E-state index >= 15 is 0 Å². The standard InChI is InChI=1S/C16H23N3O3/c1-17-4-6-19-7-5-18(11-13(19)10-17)9-12-2-3-15(20)14(8-12)16(21)22/h2-3,8,13,20H,4-7,9-11H2,1H3,(H,21,22)/t13-/m0/s1. The Morgan fingerprint density at radius 3 is 2.77 bits per heavy atom. The zero-order chi connectivity index (χ0) is 15.7. The molecule has 3 rings (SSSR count). The van der Waals surface area contributed by atoms with Crippen LogP contribution in [-0.4, -0.2) is 83.2 Å². The number of hydrogen-bond donors (Lipinski definition) is 2. The van der Waals surface area contributed by atoms with Crippen LogP contribution in [0.3, 0.4) is 0 Å². The van der Waals surface area contributed by atoms with E-state index in [-0.39, 0.29) is 11.3 Å². The van der Waals surface area contributed by atoms with Crippen LogP contribution >= 0.6 is 0 Å². The first-order valence-corrected chi connectivity index (χ1v) is 7.73. The van der Waals surface area contributed by atoms with Crippen LogP contribution < -0.4 is 0 Å². The molecule has 0 spiro atoms. The fraction of sp³-hybridized carbons (Fsp3) is 0.562. The van der Waals surface area contributed by atoms with Gasteiger partial charge in [-0.15, -0.1) is 0 Å². The number of aromatic hydroxyl groups is 1. The van der Waals surface area contributed by atoms with Crippen LogP contribution in [0.15, 0.2) is 18.2 Å². The molecule has 0 amide bonds. The molecule has 0 bridgehead atoms. The molecule has 2 fully saturated rings. The highest BCUT2D eigenvalue weighted by atomic mass is 16.4. The van der Waals surface area contributed by atoms with E-state index in [1.54, 1.807) is 12.1 Å². The summed E-state index contributed by atoms with van der Waals surface area (Å²) in [5, 5.41) is 18.7. The van der Waals surface area contributed by atoms with Crippen LogP contribution in [0.4, 0.5) is 0 Å². The molecule has 22 heavy (non-hydrogen) atoms. The number of benzene rings is 1. The number of carbonyl (C=O) groups is 1. The molecule has 2 saturated heterocycles. The molecule has 6 nitrogen and oxygen atoms in total. The molecule has 0 aromatic heterocycles. The maximum absolute atomic E-state index is 11.1. The lowest BCUT2D eigenvalue weighted by atomic mass is 10.1. The van der Waals surface area contributed by atoms with E-state index in [4.69, 9.17) is 5.11 Å². The predicted molar refractivity (Wildman–Crippen MR) is 83.2 cm³/mol. The van der Waals surface area contributed by atoms with Gasteiger partial charge in [-0.25, -0.2) is 4.79 Å². The molecule has 0 unspecified atom stereocenters. The van der Waals surface area contributed by atoms with E-state index in [9.17, 15) is 9.90 Å². The van der Waals surface area contributed by atoms with Gasteiger partial charge in [-0.1, -0.05) is 6.07 Å². The van der Waals surface area contributed by atoms with Crippen LogP contribution in [0, 0.1) is 0 Å². The monoisotopic (exact) mass is 305 g/mol. The maximum Gasteiger partial charge on any atom is 0.339 e. The lowest BCUT2D eigenvalue weighted by Gasteiger charge is -2.46. The normalized spacial score (nSPS) is 24.1. The first kappa shape index (κ1) is 15.3. The molecule has 2 heterocycles. The second-order valence-electron chi connectivity index (χ2n) is 6.34. The molecule has 120 valence electrons. The Morgan fingerprint density at radius 2 is 2.00 bits per heavy atom. The minimum atomic E-state index is -1.09. The number of likely N-dealkylation sites (N-methyl/N-ethyl adjacent to an activating group) is 1. The molecule has 1 aromatic rings. The van der Waals surface area contributed by atoms with Gasteiger partial charge in [0, 0.05) is 51.9 Å². The summed E-state index contributed by atoms with van der Waals surface area (Å²) in [5.74, 6) is -1.26. The van der Waals surface area contributed by atoms with E-state index in [0.29, 0.717) is 6.04 Å². The lowest BCUT2D eigenvalue weighted by Crippen LogP contribution is -2.61. The molecule has 0 radical (unpaired) electrons. The van der Waals surface area contributed by atoms with Crippen molar-refractivity contribution in [2.24, 2.45) is 0 Å². The quantitative estimate of drug-likeness (QED) is 0.849. The summed E-state index contributed by atoms with van der Waals surface area (Å²) in [4.78, 5) is 18.4. The van der Waals surface area contributed by atoms with Gasteiger partial charge in [0.2, 0.25) is 0 Å². The predicted octanol–water partition coefficient (Wildman–Crippen LogP) is 0.522. The van der Waals surface area contributed by atoms with Crippen molar-refractivity contribution in [3.63, 3.8) is 0 Å². The molecule has 0 aliphatic carbocycles. The first-order chi connectivity index (χ1) is 10.5. The number of rotatable bonds is 3. The van der Waals surface area contributed by atoms with Crippen molar-refractivity contribution in [3.8, 4) is 5.75 Å². The zero-order valence-corrected chi connectivity index (χ0v) is 12.9. The van der Waals surface area contributed by atoms with Crippen molar-refractivity contribution in [2.75, 3.05) is 46.3 Å². The van der Waals surface area contributed by atoms with Gasteiger partial charge in [0.1, 0.15) is 11.3 Å². The Morgan fingerprint density at radius 1 is 1.23 bits per heavy atom. The number of carboxylic acids is 1. The molecular weight excluding hydrogens is 282 g/mol.